The van der Waals surface area contributed by atoms with Gasteiger partial charge in [0, 0.05) is 5.69 Å². The van der Waals surface area contributed by atoms with E-state index >= 15 is 0 Å². The predicted octanol–water partition coefficient (Wildman–Crippen LogP) is 3.00. The molecule has 0 aliphatic carbocycles. The maximum Gasteiger partial charge on any atom is 0.338 e. The van der Waals surface area contributed by atoms with Gasteiger partial charge in [-0.3, -0.25) is 4.79 Å². The largest absolute Gasteiger partial charge is 0.462 e. The summed E-state index contributed by atoms with van der Waals surface area (Å²) in [5.74, 6) is -0.866. The third-order valence-electron chi connectivity index (χ3n) is 3.63. The zero-order valence-electron chi connectivity index (χ0n) is 14.5. The Hall–Kier alpha value is -3.48. The number of esters is 1. The first-order valence-corrected chi connectivity index (χ1v) is 8.14. The van der Waals surface area contributed by atoms with Crippen LogP contribution in [0.5, 0.6) is 0 Å². The molecule has 0 aliphatic rings. The molecule has 0 aliphatic heterocycles. The number of nitrogens with zero attached hydrogens (tertiary/aromatic N) is 3. The van der Waals surface area contributed by atoms with Gasteiger partial charge in [0.1, 0.15) is 6.33 Å². The Morgan fingerprint density at radius 1 is 1.15 bits per heavy atom. The van der Waals surface area contributed by atoms with E-state index in [1.165, 1.54) is 11.0 Å². The van der Waals surface area contributed by atoms with Crippen LogP contribution in [0, 0.1) is 6.92 Å². The van der Waals surface area contributed by atoms with Crippen molar-refractivity contribution in [2.45, 2.75) is 13.8 Å². The normalized spacial score (nSPS) is 10.4. The Bertz CT molecular complexity index is 932. The van der Waals surface area contributed by atoms with Crippen LogP contribution in [0.4, 0.5) is 5.69 Å². The zero-order valence-corrected chi connectivity index (χ0v) is 14.5. The lowest BCUT2D eigenvalue weighted by atomic mass is 10.2. The number of carbonyl (C=O) groups excluding carboxylic acids is 2. The minimum absolute atomic E-state index is 0.0344. The molecular weight excluding hydrogens is 332 g/mol. The molecule has 3 rings (SSSR count). The van der Waals surface area contributed by atoms with Gasteiger partial charge in [0.05, 0.1) is 17.9 Å². The molecule has 0 saturated heterocycles. The summed E-state index contributed by atoms with van der Waals surface area (Å²) in [6.07, 6.45) is 1.48. The van der Waals surface area contributed by atoms with E-state index in [0.29, 0.717) is 11.3 Å². The Kier molecular flexibility index (Phi) is 5.07. The van der Waals surface area contributed by atoms with Gasteiger partial charge in [-0.05, 0) is 44.2 Å². The van der Waals surface area contributed by atoms with Crippen LogP contribution in [0.15, 0.2) is 54.9 Å². The average Bonchev–Trinajstić information content (AvgIpc) is 3.13. The molecule has 1 aromatic heterocycles. The fourth-order valence-corrected chi connectivity index (χ4v) is 2.31. The van der Waals surface area contributed by atoms with Gasteiger partial charge in [-0.1, -0.05) is 23.8 Å². The van der Waals surface area contributed by atoms with Crippen LogP contribution in [-0.4, -0.2) is 33.2 Å². The maximum absolute atomic E-state index is 12.4. The Morgan fingerprint density at radius 2 is 1.92 bits per heavy atom. The highest BCUT2D eigenvalue weighted by molar-refractivity contribution is 6.02. The molecule has 7 nitrogen and oxygen atoms in total. The van der Waals surface area contributed by atoms with Crippen molar-refractivity contribution in [1.82, 2.24) is 14.8 Å². The van der Waals surface area contributed by atoms with Crippen molar-refractivity contribution in [3.05, 3.63) is 71.8 Å². The number of hydrogen-bond acceptors (Lipinski definition) is 5. The van der Waals surface area contributed by atoms with E-state index in [9.17, 15) is 9.59 Å². The molecule has 0 saturated carbocycles. The molecule has 1 amide bonds. The summed E-state index contributed by atoms with van der Waals surface area (Å²) in [5.41, 5.74) is 2.77. The summed E-state index contributed by atoms with van der Waals surface area (Å²) in [7, 11) is 0. The molecule has 2 aromatic carbocycles. The molecule has 0 fully saturated rings. The van der Waals surface area contributed by atoms with Crippen molar-refractivity contribution in [2.24, 2.45) is 0 Å². The summed E-state index contributed by atoms with van der Waals surface area (Å²) in [4.78, 5) is 28.2. The first-order chi connectivity index (χ1) is 12.6. The van der Waals surface area contributed by atoms with Crippen LogP contribution in [0.3, 0.4) is 0 Å². The fraction of sp³-hybridized carbons (Fsp3) is 0.158. The number of aromatic nitrogens is 3. The van der Waals surface area contributed by atoms with Crippen LogP contribution < -0.4 is 5.32 Å². The molecule has 0 bridgehead atoms. The van der Waals surface area contributed by atoms with E-state index in [1.54, 1.807) is 31.2 Å². The van der Waals surface area contributed by atoms with Crippen LogP contribution in [-0.2, 0) is 4.74 Å². The minimum atomic E-state index is -0.461. The van der Waals surface area contributed by atoms with Crippen molar-refractivity contribution in [1.29, 1.82) is 0 Å². The number of amides is 1. The lowest BCUT2D eigenvalue weighted by molar-refractivity contribution is 0.0526. The third-order valence-corrected chi connectivity index (χ3v) is 3.63. The number of hydrogen-bond donors (Lipinski definition) is 1. The summed E-state index contributed by atoms with van der Waals surface area (Å²) in [6, 6.07) is 14.2. The molecule has 3 aromatic rings. The molecule has 0 radical (unpaired) electrons. The lowest BCUT2D eigenvalue weighted by Crippen LogP contribution is -2.15. The average molecular weight is 350 g/mol. The number of benzene rings is 2. The topological polar surface area (TPSA) is 86.1 Å². The van der Waals surface area contributed by atoms with Gasteiger partial charge in [0.25, 0.3) is 5.91 Å². The maximum atomic E-state index is 12.4. The van der Waals surface area contributed by atoms with Gasteiger partial charge in [-0.2, -0.15) is 0 Å². The number of rotatable bonds is 5. The van der Waals surface area contributed by atoms with Crippen molar-refractivity contribution in [3.8, 4) is 5.69 Å². The molecule has 0 spiro atoms. The van der Waals surface area contributed by atoms with Crippen LogP contribution in [0.1, 0.15) is 33.5 Å². The van der Waals surface area contributed by atoms with E-state index in [1.807, 2.05) is 31.2 Å². The molecule has 132 valence electrons. The minimum Gasteiger partial charge on any atom is -0.462 e. The molecular formula is C19H18N4O3. The second-order valence-electron chi connectivity index (χ2n) is 5.60. The van der Waals surface area contributed by atoms with Crippen molar-refractivity contribution < 1.29 is 14.3 Å². The SMILES string of the molecule is CCOC(=O)c1cccc(NC(=O)c2ncn(-c3ccc(C)cc3)n2)c1. The third kappa shape index (κ3) is 3.94. The van der Waals surface area contributed by atoms with E-state index in [0.717, 1.165) is 11.3 Å². The van der Waals surface area contributed by atoms with Crippen LogP contribution >= 0.6 is 0 Å². The summed E-state index contributed by atoms with van der Waals surface area (Å²) in [6.45, 7) is 4.02. The van der Waals surface area contributed by atoms with Gasteiger partial charge < -0.3 is 10.1 Å². The first-order valence-electron chi connectivity index (χ1n) is 8.14. The standard InChI is InChI=1S/C19H18N4O3/c1-3-26-19(25)14-5-4-6-15(11-14)21-18(24)17-20-12-23(22-17)16-9-7-13(2)8-10-16/h4-12H,3H2,1-2H3,(H,21,24). The first kappa shape index (κ1) is 17.3. The number of carbonyl (C=O) groups is 2. The second-order valence-corrected chi connectivity index (χ2v) is 5.60. The molecule has 1 heterocycles. The van der Waals surface area contributed by atoms with Gasteiger partial charge in [-0.25, -0.2) is 14.5 Å². The smallest absolute Gasteiger partial charge is 0.338 e. The van der Waals surface area contributed by atoms with Crippen molar-refractivity contribution in [3.63, 3.8) is 0 Å². The Labute approximate surface area is 150 Å². The van der Waals surface area contributed by atoms with Crippen LogP contribution in [0.25, 0.3) is 5.69 Å². The van der Waals surface area contributed by atoms with Crippen LogP contribution in [0.2, 0.25) is 0 Å². The second kappa shape index (κ2) is 7.60. The fourth-order valence-electron chi connectivity index (χ4n) is 2.31. The molecule has 7 heteroatoms. The number of nitrogens with one attached hydrogen (secondary N) is 1. The number of aryl methyl sites for hydroxylation is 1. The van der Waals surface area contributed by atoms with E-state index in [4.69, 9.17) is 4.74 Å². The van der Waals surface area contributed by atoms with Gasteiger partial charge in [0.15, 0.2) is 0 Å². The van der Waals surface area contributed by atoms with E-state index in [2.05, 4.69) is 15.4 Å². The molecule has 26 heavy (non-hydrogen) atoms. The molecule has 1 N–H and O–H groups in total. The highest BCUT2D eigenvalue weighted by Crippen LogP contribution is 2.13. The quantitative estimate of drug-likeness (QED) is 0.715. The van der Waals surface area contributed by atoms with Gasteiger partial charge in [0.2, 0.25) is 5.82 Å². The van der Waals surface area contributed by atoms with Gasteiger partial charge >= 0.3 is 5.97 Å². The highest BCUT2D eigenvalue weighted by Gasteiger charge is 2.14. The van der Waals surface area contributed by atoms with Crippen molar-refractivity contribution >= 4 is 17.6 Å². The summed E-state index contributed by atoms with van der Waals surface area (Å²) < 4.78 is 6.48. The lowest BCUT2D eigenvalue weighted by Gasteiger charge is -2.06. The molecule has 0 unspecified atom stereocenters. The number of anilines is 1. The molecule has 0 atom stereocenters. The predicted molar refractivity (Wildman–Crippen MR) is 96.4 cm³/mol. The van der Waals surface area contributed by atoms with Crippen molar-refractivity contribution in [2.75, 3.05) is 11.9 Å². The number of ether oxygens (including phenoxy) is 1. The monoisotopic (exact) mass is 350 g/mol. The van der Waals surface area contributed by atoms with E-state index in [-0.39, 0.29) is 12.4 Å². The summed E-state index contributed by atoms with van der Waals surface area (Å²) in [5, 5.41) is 6.88. The zero-order chi connectivity index (χ0) is 18.5. The van der Waals surface area contributed by atoms with Gasteiger partial charge in [-0.15, -0.1) is 5.10 Å². The Morgan fingerprint density at radius 3 is 2.65 bits per heavy atom. The Balaban J connectivity index is 1.74. The van der Waals surface area contributed by atoms with E-state index < -0.39 is 11.9 Å². The highest BCUT2D eigenvalue weighted by atomic mass is 16.5. The summed E-state index contributed by atoms with van der Waals surface area (Å²) >= 11 is 0.